The quantitative estimate of drug-likeness (QED) is 0.773. The Morgan fingerprint density at radius 3 is 2.61 bits per heavy atom. The fraction of sp³-hybridized carbons (Fsp3) is 0.231. The number of carbonyl (C=O) groups is 2. The Morgan fingerprint density at radius 2 is 2.11 bits per heavy atom. The Labute approximate surface area is 105 Å². The van der Waals surface area contributed by atoms with E-state index >= 15 is 0 Å². The molecule has 5 heteroatoms. The summed E-state index contributed by atoms with van der Waals surface area (Å²) in [6, 6.07) is 4.25. The number of aliphatic carboxylic acids is 1. The van der Waals surface area contributed by atoms with E-state index in [9.17, 15) is 14.7 Å². The highest BCUT2D eigenvalue weighted by Gasteiger charge is 2.19. The van der Waals surface area contributed by atoms with Gasteiger partial charge < -0.3 is 15.1 Å². The van der Waals surface area contributed by atoms with E-state index in [1.165, 1.54) is 18.2 Å². The number of amides is 1. The molecule has 18 heavy (non-hydrogen) atoms. The topological polar surface area (TPSA) is 77.8 Å². The van der Waals surface area contributed by atoms with Crippen LogP contribution in [0.25, 0.3) is 0 Å². The number of carbonyl (C=O) groups excluding carboxylic acids is 1. The normalized spacial score (nSPS) is 9.56. The van der Waals surface area contributed by atoms with Gasteiger partial charge in [-0.15, -0.1) is 6.42 Å². The summed E-state index contributed by atoms with van der Waals surface area (Å²) >= 11 is 0. The molecule has 1 amide bonds. The Kier molecular flexibility index (Phi) is 4.33. The molecule has 0 aromatic heterocycles. The Hall–Kier alpha value is -2.48. The summed E-state index contributed by atoms with van der Waals surface area (Å²) in [5.74, 6) is 0.700. The van der Waals surface area contributed by atoms with Gasteiger partial charge in [-0.05, 0) is 30.7 Å². The zero-order valence-electron chi connectivity index (χ0n) is 9.88. The first-order valence-electron chi connectivity index (χ1n) is 5.20. The fourth-order valence-corrected chi connectivity index (χ4v) is 1.53. The van der Waals surface area contributed by atoms with Crippen LogP contribution in [0.4, 0.5) is 0 Å². The van der Waals surface area contributed by atoms with Crippen molar-refractivity contribution in [3.8, 4) is 18.1 Å². The van der Waals surface area contributed by atoms with Gasteiger partial charge in [-0.3, -0.25) is 9.59 Å². The molecule has 0 unspecified atom stereocenters. The Morgan fingerprint density at radius 1 is 1.44 bits per heavy atom. The summed E-state index contributed by atoms with van der Waals surface area (Å²) in [6.45, 7) is 1.12. The van der Waals surface area contributed by atoms with E-state index < -0.39 is 18.4 Å². The number of rotatable bonds is 4. The number of hydrogen-bond acceptors (Lipinski definition) is 3. The summed E-state index contributed by atoms with van der Waals surface area (Å²) in [7, 11) is 0. The minimum Gasteiger partial charge on any atom is -0.508 e. The first-order valence-corrected chi connectivity index (χ1v) is 5.20. The molecule has 0 aliphatic heterocycles. The van der Waals surface area contributed by atoms with E-state index in [2.05, 4.69) is 5.92 Å². The second kappa shape index (κ2) is 5.73. The molecule has 0 saturated carbocycles. The molecule has 1 aromatic rings. The van der Waals surface area contributed by atoms with Crippen LogP contribution in [-0.2, 0) is 4.79 Å². The van der Waals surface area contributed by atoms with Crippen LogP contribution in [0.15, 0.2) is 18.2 Å². The minimum absolute atomic E-state index is 0.0470. The maximum absolute atomic E-state index is 12.1. The number of hydrogen-bond donors (Lipinski definition) is 2. The predicted octanol–water partition coefficient (Wildman–Crippen LogP) is 0.861. The predicted molar refractivity (Wildman–Crippen MR) is 65.2 cm³/mol. The molecule has 0 aliphatic rings. The third-order valence-corrected chi connectivity index (χ3v) is 2.34. The summed E-state index contributed by atoms with van der Waals surface area (Å²) in [5.41, 5.74) is 0.886. The lowest BCUT2D eigenvalue weighted by Gasteiger charge is -2.19. The van der Waals surface area contributed by atoms with E-state index in [4.69, 9.17) is 11.5 Å². The third kappa shape index (κ3) is 3.25. The van der Waals surface area contributed by atoms with Crippen molar-refractivity contribution in [1.82, 2.24) is 4.90 Å². The summed E-state index contributed by atoms with van der Waals surface area (Å²) < 4.78 is 0. The van der Waals surface area contributed by atoms with Crippen molar-refractivity contribution in [3.05, 3.63) is 29.3 Å². The molecule has 1 aromatic carbocycles. The molecule has 0 bridgehead atoms. The van der Waals surface area contributed by atoms with Crippen LogP contribution in [-0.4, -0.2) is 40.1 Å². The van der Waals surface area contributed by atoms with Crippen LogP contribution in [0.1, 0.15) is 15.9 Å². The van der Waals surface area contributed by atoms with Crippen LogP contribution < -0.4 is 0 Å². The van der Waals surface area contributed by atoms with Crippen molar-refractivity contribution < 1.29 is 19.8 Å². The standard InChI is InChI=1S/C13H13NO4/c1-3-6-14(8-12(16)17)13(18)11-5-4-10(15)7-9(11)2/h1,4-5,7,15H,6,8H2,2H3,(H,16,17). The molecule has 0 heterocycles. The first kappa shape index (κ1) is 13.6. The SMILES string of the molecule is C#CCN(CC(=O)O)C(=O)c1ccc(O)cc1C. The van der Waals surface area contributed by atoms with Crippen molar-refractivity contribution in [3.63, 3.8) is 0 Å². The summed E-state index contributed by atoms with van der Waals surface area (Å²) in [4.78, 5) is 23.8. The van der Waals surface area contributed by atoms with E-state index in [1.807, 2.05) is 0 Å². The monoisotopic (exact) mass is 247 g/mol. The zero-order chi connectivity index (χ0) is 13.7. The van der Waals surface area contributed by atoms with Crippen LogP contribution in [0.3, 0.4) is 0 Å². The van der Waals surface area contributed by atoms with Gasteiger partial charge in [0.1, 0.15) is 12.3 Å². The number of phenolic OH excluding ortho intramolecular Hbond substituents is 1. The molecule has 0 radical (unpaired) electrons. The fourth-order valence-electron chi connectivity index (χ4n) is 1.53. The zero-order valence-corrected chi connectivity index (χ0v) is 9.88. The molecule has 0 atom stereocenters. The minimum atomic E-state index is -1.13. The highest BCUT2D eigenvalue weighted by atomic mass is 16.4. The average Bonchev–Trinajstić information content (AvgIpc) is 2.27. The molecule has 1 rings (SSSR count). The summed E-state index contributed by atoms with van der Waals surface area (Å²) in [6.07, 6.45) is 5.11. The second-order valence-electron chi connectivity index (χ2n) is 3.76. The van der Waals surface area contributed by atoms with Crippen LogP contribution in [0.2, 0.25) is 0 Å². The first-order chi connectivity index (χ1) is 8.45. The molecule has 94 valence electrons. The third-order valence-electron chi connectivity index (χ3n) is 2.34. The van der Waals surface area contributed by atoms with Gasteiger partial charge in [0.15, 0.2) is 0 Å². The number of nitrogens with zero attached hydrogens (tertiary/aromatic N) is 1. The maximum atomic E-state index is 12.1. The van der Waals surface area contributed by atoms with Crippen molar-refractivity contribution in [2.24, 2.45) is 0 Å². The van der Waals surface area contributed by atoms with E-state index in [0.29, 0.717) is 11.1 Å². The van der Waals surface area contributed by atoms with Crippen molar-refractivity contribution >= 4 is 11.9 Å². The molecule has 0 spiro atoms. The molecule has 0 fully saturated rings. The van der Waals surface area contributed by atoms with Crippen LogP contribution >= 0.6 is 0 Å². The molecule has 0 aliphatic carbocycles. The van der Waals surface area contributed by atoms with Gasteiger partial charge in [-0.2, -0.15) is 0 Å². The smallest absolute Gasteiger partial charge is 0.323 e. The maximum Gasteiger partial charge on any atom is 0.323 e. The van der Waals surface area contributed by atoms with E-state index in [-0.39, 0.29) is 12.3 Å². The lowest BCUT2D eigenvalue weighted by molar-refractivity contribution is -0.137. The largest absolute Gasteiger partial charge is 0.508 e. The Balaban J connectivity index is 3.02. The number of phenols is 1. The summed E-state index contributed by atoms with van der Waals surface area (Å²) in [5, 5.41) is 18.0. The molecule has 5 nitrogen and oxygen atoms in total. The van der Waals surface area contributed by atoms with Gasteiger partial charge in [0.25, 0.3) is 5.91 Å². The number of carboxylic acids is 1. The lowest BCUT2D eigenvalue weighted by atomic mass is 10.1. The number of aryl methyl sites for hydroxylation is 1. The lowest BCUT2D eigenvalue weighted by Crippen LogP contribution is -2.36. The molecule has 0 saturated heterocycles. The van der Waals surface area contributed by atoms with E-state index in [1.54, 1.807) is 6.92 Å². The van der Waals surface area contributed by atoms with E-state index in [0.717, 1.165) is 4.90 Å². The number of carboxylic acid groups (broad SMARTS) is 1. The van der Waals surface area contributed by atoms with Crippen molar-refractivity contribution in [2.45, 2.75) is 6.92 Å². The van der Waals surface area contributed by atoms with Gasteiger partial charge in [0.05, 0.1) is 6.54 Å². The number of benzene rings is 1. The van der Waals surface area contributed by atoms with Gasteiger partial charge in [0, 0.05) is 5.56 Å². The number of terminal acetylenes is 1. The Bertz CT molecular complexity index is 516. The van der Waals surface area contributed by atoms with Gasteiger partial charge >= 0.3 is 5.97 Å². The molecule has 2 N–H and O–H groups in total. The van der Waals surface area contributed by atoms with Crippen LogP contribution in [0, 0.1) is 19.3 Å². The van der Waals surface area contributed by atoms with Gasteiger partial charge in [-0.25, -0.2) is 0 Å². The molecular weight excluding hydrogens is 234 g/mol. The number of aromatic hydroxyl groups is 1. The average molecular weight is 247 g/mol. The van der Waals surface area contributed by atoms with Gasteiger partial charge in [-0.1, -0.05) is 5.92 Å². The van der Waals surface area contributed by atoms with Crippen molar-refractivity contribution in [2.75, 3.05) is 13.1 Å². The van der Waals surface area contributed by atoms with Crippen LogP contribution in [0.5, 0.6) is 5.75 Å². The molecular formula is C13H13NO4. The van der Waals surface area contributed by atoms with Gasteiger partial charge in [0.2, 0.25) is 0 Å². The second-order valence-corrected chi connectivity index (χ2v) is 3.76. The van der Waals surface area contributed by atoms with Crippen molar-refractivity contribution in [1.29, 1.82) is 0 Å². The highest BCUT2D eigenvalue weighted by molar-refractivity contribution is 5.97. The highest BCUT2D eigenvalue weighted by Crippen LogP contribution is 2.17.